The summed E-state index contributed by atoms with van der Waals surface area (Å²) in [7, 11) is 0. The molecule has 1 heterocycles. The van der Waals surface area contributed by atoms with Crippen LogP contribution in [0.2, 0.25) is 5.02 Å². The number of amides is 2. The number of alkyl halides is 3. The molecule has 1 fully saturated rings. The zero-order valence-corrected chi connectivity index (χ0v) is 21.0. The first-order valence-electron chi connectivity index (χ1n) is 12.2. The summed E-state index contributed by atoms with van der Waals surface area (Å²) in [5.74, 6) is -0.496. The van der Waals surface area contributed by atoms with Crippen molar-refractivity contribution in [3.8, 4) is 0 Å². The van der Waals surface area contributed by atoms with E-state index in [1.807, 2.05) is 0 Å². The number of urea groups is 1. The van der Waals surface area contributed by atoms with Gasteiger partial charge in [-0.25, -0.2) is 9.18 Å². The van der Waals surface area contributed by atoms with Gasteiger partial charge in [0, 0.05) is 18.7 Å². The van der Waals surface area contributed by atoms with Gasteiger partial charge >= 0.3 is 12.2 Å². The summed E-state index contributed by atoms with van der Waals surface area (Å²) in [5, 5.41) is 6.19. The smallest absolute Gasteiger partial charge is 0.335 e. The van der Waals surface area contributed by atoms with E-state index in [2.05, 4.69) is 22.5 Å². The average Bonchev–Trinajstić information content (AvgIpc) is 2.85. The Morgan fingerprint density at radius 1 is 1.00 bits per heavy atom. The number of hydrogen-bond donors (Lipinski definition) is 2. The van der Waals surface area contributed by atoms with Crippen LogP contribution in [0.5, 0.6) is 0 Å². The fraction of sp³-hybridized carbons (Fsp3) is 0.357. The predicted molar refractivity (Wildman–Crippen MR) is 135 cm³/mol. The lowest BCUT2D eigenvalue weighted by Crippen LogP contribution is -2.54. The minimum absolute atomic E-state index is 0.0261. The van der Waals surface area contributed by atoms with Crippen molar-refractivity contribution >= 4 is 17.6 Å². The number of hydrogen-bond acceptors (Lipinski definition) is 2. The molecule has 196 valence electrons. The van der Waals surface area contributed by atoms with E-state index in [0.29, 0.717) is 22.6 Å². The second-order valence-corrected chi connectivity index (χ2v) is 10.1. The van der Waals surface area contributed by atoms with Crippen LogP contribution in [0.4, 0.5) is 22.4 Å². The monoisotopic (exact) mass is 533 g/mol. The van der Waals surface area contributed by atoms with Crippen molar-refractivity contribution in [1.82, 2.24) is 15.6 Å². The molecule has 0 saturated heterocycles. The minimum atomic E-state index is -4.79. The Kier molecular flexibility index (Phi) is 8.07. The van der Waals surface area contributed by atoms with Crippen molar-refractivity contribution in [1.29, 1.82) is 0 Å². The number of carbonyl (C=O) groups is 1. The van der Waals surface area contributed by atoms with Gasteiger partial charge in [-0.3, -0.25) is 4.98 Å². The zero-order chi connectivity index (χ0) is 26.6. The summed E-state index contributed by atoms with van der Waals surface area (Å²) in [6.07, 6.45) is 0.134. The molecular weight excluding hydrogens is 506 g/mol. The quantitative estimate of drug-likeness (QED) is 0.328. The van der Waals surface area contributed by atoms with Crippen LogP contribution in [0, 0.1) is 11.7 Å². The number of pyridine rings is 1. The molecule has 9 heteroatoms. The van der Waals surface area contributed by atoms with E-state index in [1.54, 1.807) is 30.3 Å². The van der Waals surface area contributed by atoms with Gasteiger partial charge in [-0.2, -0.15) is 13.2 Å². The lowest BCUT2D eigenvalue weighted by atomic mass is 9.79. The predicted octanol–water partition coefficient (Wildman–Crippen LogP) is 7.26. The molecule has 1 aromatic heterocycles. The third-order valence-electron chi connectivity index (χ3n) is 6.87. The molecular formula is C28H28ClF4N3O. The fourth-order valence-corrected chi connectivity index (χ4v) is 4.98. The van der Waals surface area contributed by atoms with Crippen LogP contribution >= 0.6 is 11.6 Å². The highest BCUT2D eigenvalue weighted by atomic mass is 35.5. The normalized spacial score (nSPS) is 19.6. The number of rotatable bonds is 6. The third-order valence-corrected chi connectivity index (χ3v) is 7.10. The second-order valence-electron chi connectivity index (χ2n) is 9.71. The molecule has 1 aliphatic carbocycles. The molecule has 2 aromatic carbocycles. The topological polar surface area (TPSA) is 54.0 Å². The largest absolute Gasteiger partial charge is 0.416 e. The number of nitrogens with one attached hydrogen (secondary N) is 2. The Hall–Kier alpha value is -3.13. The molecule has 4 nitrogen and oxygen atoms in total. The Bertz CT molecular complexity index is 1210. The Balaban J connectivity index is 1.84. The molecule has 0 unspecified atom stereocenters. The van der Waals surface area contributed by atoms with E-state index in [9.17, 15) is 22.4 Å². The number of aromatic nitrogens is 1. The maximum absolute atomic E-state index is 14.7. The molecule has 0 bridgehead atoms. The van der Waals surface area contributed by atoms with Gasteiger partial charge in [0.25, 0.3) is 0 Å². The number of carbonyl (C=O) groups excluding carboxylic acids is 1. The molecule has 3 aromatic rings. The summed E-state index contributed by atoms with van der Waals surface area (Å²) in [6, 6.07) is 13.7. The van der Waals surface area contributed by atoms with E-state index in [0.717, 1.165) is 37.8 Å². The van der Waals surface area contributed by atoms with Crippen molar-refractivity contribution in [2.45, 2.75) is 56.8 Å². The molecule has 2 N–H and O–H groups in total. The van der Waals surface area contributed by atoms with Gasteiger partial charge < -0.3 is 10.6 Å². The van der Waals surface area contributed by atoms with E-state index in [1.165, 1.54) is 18.3 Å². The maximum Gasteiger partial charge on any atom is 0.416 e. The van der Waals surface area contributed by atoms with Gasteiger partial charge in [-0.15, -0.1) is 0 Å². The molecule has 1 atom stereocenters. The van der Waals surface area contributed by atoms with Gasteiger partial charge in [0.2, 0.25) is 0 Å². The van der Waals surface area contributed by atoms with E-state index >= 15 is 0 Å². The van der Waals surface area contributed by atoms with Crippen LogP contribution in [0.1, 0.15) is 55.0 Å². The fourth-order valence-electron chi connectivity index (χ4n) is 4.87. The standard InChI is InChI=1S/C28H28ClF4N3O/c1-18-7-10-24(11-8-18)35-26(37)36-27(16-19-5-3-2-4-6-19,25-12-9-22(29)17-34-25)20-13-21(28(31,32)33)15-23(30)14-20/h2-6,9,12-15,17-18,24H,7-8,10-11,16H2,1H3,(H2,35,36,37)/t18?,24?,27-/m0/s1. The molecule has 0 spiro atoms. The lowest BCUT2D eigenvalue weighted by molar-refractivity contribution is -0.137. The number of halogens is 5. The SMILES string of the molecule is CC1CCC(NC(=O)N[C@@](Cc2ccccc2)(c2cc(F)cc(C(F)(F)F)c2)c2ccc(Cl)cn2)CC1. The maximum atomic E-state index is 14.7. The highest BCUT2D eigenvalue weighted by Gasteiger charge is 2.41. The Labute approximate surface area is 218 Å². The van der Waals surface area contributed by atoms with Crippen molar-refractivity contribution < 1.29 is 22.4 Å². The second kappa shape index (κ2) is 11.1. The molecule has 0 radical (unpaired) electrons. The van der Waals surface area contributed by atoms with E-state index in [4.69, 9.17) is 11.6 Å². The van der Waals surface area contributed by atoms with Crippen molar-refractivity contribution in [3.05, 3.63) is 100 Å². The highest BCUT2D eigenvalue weighted by molar-refractivity contribution is 6.30. The summed E-state index contributed by atoms with van der Waals surface area (Å²) in [5.41, 5.74) is -1.92. The van der Waals surface area contributed by atoms with Gasteiger partial charge in [-0.05, 0) is 73.1 Å². The lowest BCUT2D eigenvalue weighted by Gasteiger charge is -2.37. The first kappa shape index (κ1) is 26.9. The van der Waals surface area contributed by atoms with Gasteiger partial charge in [0.15, 0.2) is 0 Å². The third kappa shape index (κ3) is 6.60. The molecule has 1 aliphatic rings. The van der Waals surface area contributed by atoms with Crippen LogP contribution in [0.3, 0.4) is 0 Å². The van der Waals surface area contributed by atoms with Crippen LogP contribution < -0.4 is 10.6 Å². The molecule has 2 amide bonds. The summed E-state index contributed by atoms with van der Waals surface area (Å²) < 4.78 is 55.8. The Morgan fingerprint density at radius 2 is 1.68 bits per heavy atom. The van der Waals surface area contributed by atoms with Crippen molar-refractivity contribution in [2.75, 3.05) is 0 Å². The van der Waals surface area contributed by atoms with Crippen LogP contribution in [0.25, 0.3) is 0 Å². The van der Waals surface area contributed by atoms with Crippen molar-refractivity contribution in [3.63, 3.8) is 0 Å². The van der Waals surface area contributed by atoms with Crippen LogP contribution in [-0.4, -0.2) is 17.1 Å². The van der Waals surface area contributed by atoms with E-state index in [-0.39, 0.29) is 23.7 Å². The zero-order valence-electron chi connectivity index (χ0n) is 20.3. The summed E-state index contributed by atoms with van der Waals surface area (Å²) in [4.78, 5) is 17.8. The van der Waals surface area contributed by atoms with Gasteiger partial charge in [0.1, 0.15) is 11.4 Å². The molecule has 4 rings (SSSR count). The van der Waals surface area contributed by atoms with Crippen molar-refractivity contribution in [2.24, 2.45) is 5.92 Å². The summed E-state index contributed by atoms with van der Waals surface area (Å²) in [6.45, 7) is 2.16. The summed E-state index contributed by atoms with van der Waals surface area (Å²) >= 11 is 6.05. The molecule has 0 aliphatic heterocycles. The highest BCUT2D eigenvalue weighted by Crippen LogP contribution is 2.38. The molecule has 1 saturated carbocycles. The average molecular weight is 534 g/mol. The number of benzene rings is 2. The van der Waals surface area contributed by atoms with Crippen LogP contribution in [0.15, 0.2) is 66.9 Å². The number of nitrogens with zero attached hydrogens (tertiary/aromatic N) is 1. The first-order chi connectivity index (χ1) is 17.5. The van der Waals surface area contributed by atoms with Gasteiger partial charge in [-0.1, -0.05) is 48.9 Å². The van der Waals surface area contributed by atoms with Crippen LogP contribution in [-0.2, 0) is 18.1 Å². The van der Waals surface area contributed by atoms with Gasteiger partial charge in [0.05, 0.1) is 16.3 Å². The van der Waals surface area contributed by atoms with E-state index < -0.39 is 29.1 Å². The first-order valence-corrected chi connectivity index (χ1v) is 12.6. The molecule has 37 heavy (non-hydrogen) atoms. The Morgan fingerprint density at radius 3 is 2.30 bits per heavy atom. The minimum Gasteiger partial charge on any atom is -0.335 e.